The molecule has 1 unspecified atom stereocenters. The van der Waals surface area contributed by atoms with Gasteiger partial charge in [-0.2, -0.15) is 5.26 Å². The zero-order valence-electron chi connectivity index (χ0n) is 20.1. The zero-order chi connectivity index (χ0) is 24.5. The summed E-state index contributed by atoms with van der Waals surface area (Å²) in [4.78, 5) is 26.5. The first-order valence-corrected chi connectivity index (χ1v) is 12.4. The van der Waals surface area contributed by atoms with E-state index in [1.165, 1.54) is 0 Å². The van der Waals surface area contributed by atoms with Gasteiger partial charge in [-0.05, 0) is 47.5 Å². The smallest absolute Gasteiger partial charge is 0.328 e. The molecule has 1 aromatic heterocycles. The van der Waals surface area contributed by atoms with Crippen LogP contribution in [-0.2, 0) is 13.8 Å². The number of nitrogens with zero attached hydrogens (tertiary/aromatic N) is 3. The first kappa shape index (κ1) is 27.2. The molecule has 2 rings (SSSR count). The number of rotatable bonds is 12. The highest BCUT2D eigenvalue weighted by Crippen LogP contribution is 2.48. The van der Waals surface area contributed by atoms with Crippen molar-refractivity contribution in [1.29, 1.82) is 5.26 Å². The van der Waals surface area contributed by atoms with Crippen molar-refractivity contribution in [2.75, 3.05) is 19.8 Å². The van der Waals surface area contributed by atoms with Crippen LogP contribution in [0.1, 0.15) is 58.6 Å². The van der Waals surface area contributed by atoms with E-state index in [1.54, 1.807) is 17.7 Å². The fourth-order valence-corrected chi connectivity index (χ4v) is 5.81. The third-order valence-corrected chi connectivity index (χ3v) is 7.66. The highest BCUT2D eigenvalue weighted by atomic mass is 31.2. The van der Waals surface area contributed by atoms with E-state index in [2.05, 4.69) is 49.3 Å². The Bertz CT molecular complexity index is 953. The Labute approximate surface area is 197 Å². The molecule has 182 valence electrons. The molecule has 9 nitrogen and oxygen atoms in total. The predicted octanol–water partition coefficient (Wildman–Crippen LogP) is 3.11. The minimum atomic E-state index is -1.38. The molecule has 0 radical (unpaired) electrons. The van der Waals surface area contributed by atoms with Crippen molar-refractivity contribution < 1.29 is 13.8 Å². The summed E-state index contributed by atoms with van der Waals surface area (Å²) in [6, 6.07) is 2.36. The number of hydrogen-bond donors (Lipinski definition) is 1. The fraction of sp³-hybridized carbons (Fsp3) is 0.696. The molecule has 1 saturated carbocycles. The fourth-order valence-electron chi connectivity index (χ4n) is 4.15. The van der Waals surface area contributed by atoms with Gasteiger partial charge in [0.25, 0.3) is 14.1 Å². The summed E-state index contributed by atoms with van der Waals surface area (Å²) in [7, 11) is -1.38. The molecule has 1 aliphatic rings. The minimum absolute atomic E-state index is 0.00627. The summed E-state index contributed by atoms with van der Waals surface area (Å²) in [6.07, 6.45) is 8.34. The Morgan fingerprint density at radius 1 is 1.27 bits per heavy atom. The minimum Gasteiger partial charge on any atom is -0.365 e. The summed E-state index contributed by atoms with van der Waals surface area (Å²) >= 11 is 0. The van der Waals surface area contributed by atoms with Crippen LogP contribution >= 0.6 is 8.53 Å². The van der Waals surface area contributed by atoms with Gasteiger partial charge in [-0.25, -0.2) is 9.46 Å². The summed E-state index contributed by atoms with van der Waals surface area (Å²) in [6.45, 7) is 10.9. The Hall–Kier alpha value is -2.00. The number of aromatic nitrogens is 2. The number of nitrogens with one attached hydrogen (secondary N) is 1. The summed E-state index contributed by atoms with van der Waals surface area (Å²) in [5, 5.41) is 8.89. The molecule has 1 heterocycles. The van der Waals surface area contributed by atoms with Crippen LogP contribution in [0.2, 0.25) is 0 Å². The van der Waals surface area contributed by atoms with Crippen molar-refractivity contribution in [3.05, 3.63) is 32.6 Å². The average Bonchev–Trinajstić information content (AvgIpc) is 3.15. The van der Waals surface area contributed by atoms with Crippen LogP contribution < -0.4 is 11.2 Å². The van der Waals surface area contributed by atoms with E-state index in [-0.39, 0.29) is 42.3 Å². The third kappa shape index (κ3) is 7.50. The zero-order valence-corrected chi connectivity index (χ0v) is 21.0. The van der Waals surface area contributed by atoms with Crippen molar-refractivity contribution in [3.63, 3.8) is 0 Å². The molecule has 1 aliphatic carbocycles. The number of aromatic amines is 1. The van der Waals surface area contributed by atoms with Crippen LogP contribution in [0.3, 0.4) is 0 Å². The highest BCUT2D eigenvalue weighted by Gasteiger charge is 2.38. The molecular weight excluding hydrogens is 443 g/mol. The second kappa shape index (κ2) is 13.0. The van der Waals surface area contributed by atoms with Gasteiger partial charge in [0.15, 0.2) is 0 Å². The molecule has 1 fully saturated rings. The van der Waals surface area contributed by atoms with Crippen LogP contribution in [0.25, 0.3) is 0 Å². The van der Waals surface area contributed by atoms with Gasteiger partial charge in [0.1, 0.15) is 6.61 Å². The average molecular weight is 479 g/mol. The van der Waals surface area contributed by atoms with Gasteiger partial charge in [0.05, 0.1) is 31.8 Å². The summed E-state index contributed by atoms with van der Waals surface area (Å²) in [5.41, 5.74) is -0.327. The number of ether oxygens (including phenoxy) is 1. The lowest BCUT2D eigenvalue weighted by molar-refractivity contribution is 0.0287. The summed E-state index contributed by atoms with van der Waals surface area (Å²) < 4.78 is 21.9. The van der Waals surface area contributed by atoms with Crippen LogP contribution in [0.5, 0.6) is 0 Å². The number of H-pyrrole nitrogens is 1. The third-order valence-electron chi connectivity index (χ3n) is 5.59. The Morgan fingerprint density at radius 2 is 1.97 bits per heavy atom. The van der Waals surface area contributed by atoms with Gasteiger partial charge >= 0.3 is 5.69 Å². The van der Waals surface area contributed by atoms with Crippen molar-refractivity contribution in [2.45, 2.75) is 78.1 Å². The normalized spacial score (nSPS) is 21.5. The molecule has 0 aliphatic heterocycles. The lowest BCUT2D eigenvalue weighted by Crippen LogP contribution is -2.34. The Morgan fingerprint density at radius 3 is 2.58 bits per heavy atom. The van der Waals surface area contributed by atoms with E-state index in [1.807, 2.05) is 0 Å². The summed E-state index contributed by atoms with van der Waals surface area (Å²) in [5.74, 6) is 2.50. The quantitative estimate of drug-likeness (QED) is 0.279. The van der Waals surface area contributed by atoms with E-state index in [9.17, 15) is 9.59 Å². The second-order valence-corrected chi connectivity index (χ2v) is 10.2. The van der Waals surface area contributed by atoms with E-state index in [0.29, 0.717) is 38.0 Å². The van der Waals surface area contributed by atoms with Crippen LogP contribution in [0, 0.1) is 36.5 Å². The van der Waals surface area contributed by atoms with Gasteiger partial charge < -0.3 is 13.8 Å². The van der Waals surface area contributed by atoms with Crippen LogP contribution in [-0.4, -0.2) is 52.2 Å². The van der Waals surface area contributed by atoms with Gasteiger partial charge in [0.2, 0.25) is 0 Å². The molecule has 0 aromatic carbocycles. The molecule has 0 amide bonds. The topological polar surface area (TPSA) is 110 Å². The van der Waals surface area contributed by atoms with Gasteiger partial charge in [-0.1, -0.05) is 5.92 Å². The predicted molar refractivity (Wildman–Crippen MR) is 128 cm³/mol. The molecule has 10 heteroatoms. The maximum atomic E-state index is 12.4. The van der Waals surface area contributed by atoms with Crippen LogP contribution in [0.4, 0.5) is 0 Å². The lowest BCUT2D eigenvalue weighted by atomic mass is 10.1. The van der Waals surface area contributed by atoms with Crippen molar-refractivity contribution in [3.8, 4) is 18.4 Å². The number of terminal acetylenes is 1. The van der Waals surface area contributed by atoms with E-state index in [4.69, 9.17) is 25.5 Å². The SMILES string of the molecule is C#CCO[C@@H]1C[C@H](n2cc(C)c(=O)[nH]c2=O)C[C@@H]1COP(OCCC#N)N(C(C)C)C(C)C. The maximum absolute atomic E-state index is 12.4. The first-order chi connectivity index (χ1) is 15.7. The van der Waals surface area contributed by atoms with Gasteiger partial charge in [-0.15, -0.1) is 6.42 Å². The molecule has 4 atom stereocenters. The van der Waals surface area contributed by atoms with Gasteiger partial charge in [0, 0.05) is 35.8 Å². The second-order valence-electron chi connectivity index (χ2n) is 8.76. The van der Waals surface area contributed by atoms with Crippen molar-refractivity contribution >= 4 is 8.53 Å². The first-order valence-electron chi connectivity index (χ1n) is 11.3. The number of aryl methyl sites for hydroxylation is 1. The molecule has 0 spiro atoms. The molecule has 33 heavy (non-hydrogen) atoms. The maximum Gasteiger partial charge on any atom is 0.328 e. The molecular formula is C23H35N4O5P. The number of hydrogen-bond acceptors (Lipinski definition) is 7. The Balaban J connectivity index is 2.19. The molecule has 0 bridgehead atoms. The van der Waals surface area contributed by atoms with Gasteiger partial charge in [-0.3, -0.25) is 14.3 Å². The standard InChI is InChI=1S/C23H35N4O5P/c1-7-10-30-21-13-20(26-14-18(6)22(28)25-23(26)29)12-19(21)15-32-33(31-11-8-9-24)27(16(2)3)17(4)5/h1,14,16-17,19-21H,8,10-13,15H2,2-6H3,(H,25,28,29)/t19-,20-,21-,33?/m1/s1. The largest absolute Gasteiger partial charge is 0.365 e. The highest BCUT2D eigenvalue weighted by molar-refractivity contribution is 7.44. The van der Waals surface area contributed by atoms with E-state index >= 15 is 0 Å². The molecule has 1 N–H and O–H groups in total. The van der Waals surface area contributed by atoms with E-state index < -0.39 is 14.2 Å². The lowest BCUT2D eigenvalue weighted by Gasteiger charge is -2.36. The van der Waals surface area contributed by atoms with Crippen LogP contribution in [0.15, 0.2) is 15.8 Å². The monoisotopic (exact) mass is 478 g/mol. The molecule has 0 saturated heterocycles. The Kier molecular flexibility index (Phi) is 10.8. The molecule has 1 aromatic rings. The van der Waals surface area contributed by atoms with Crippen molar-refractivity contribution in [1.82, 2.24) is 14.2 Å². The van der Waals surface area contributed by atoms with E-state index in [0.717, 1.165) is 0 Å². The van der Waals surface area contributed by atoms with Crippen molar-refractivity contribution in [2.24, 2.45) is 5.92 Å². The number of nitriles is 1.